The molecule has 0 amide bonds. The molecule has 1 aromatic heterocycles. The van der Waals surface area contributed by atoms with Gasteiger partial charge < -0.3 is 10.6 Å². The minimum absolute atomic E-state index is 0.561. The summed E-state index contributed by atoms with van der Waals surface area (Å²) in [6.07, 6.45) is 2.77. The number of anilines is 3. The summed E-state index contributed by atoms with van der Waals surface area (Å²) in [7, 11) is 0. The van der Waals surface area contributed by atoms with Gasteiger partial charge in [0.2, 0.25) is 5.95 Å². The standard InChI is InChI=1S/C15H16BrN5/c1-3-6-18-15-19-9-10(2)14(21-15)20-13-5-4-12(16)7-11(13)8-17/h4-5,7,9H,3,6H2,1-2H3,(H2,18,19,20,21). The predicted molar refractivity (Wildman–Crippen MR) is 87.7 cm³/mol. The van der Waals surface area contributed by atoms with Crippen molar-refractivity contribution in [3.05, 3.63) is 40.0 Å². The van der Waals surface area contributed by atoms with Crippen LogP contribution in [0.5, 0.6) is 0 Å². The maximum Gasteiger partial charge on any atom is 0.224 e. The van der Waals surface area contributed by atoms with Gasteiger partial charge in [0.1, 0.15) is 11.9 Å². The lowest BCUT2D eigenvalue weighted by Gasteiger charge is -2.12. The Morgan fingerprint density at radius 1 is 1.38 bits per heavy atom. The van der Waals surface area contributed by atoms with Crippen LogP contribution in [0.25, 0.3) is 0 Å². The predicted octanol–water partition coefficient (Wildman–Crippen LogP) is 3.98. The molecule has 0 radical (unpaired) electrons. The number of hydrogen-bond donors (Lipinski definition) is 2. The SMILES string of the molecule is CCCNc1ncc(C)c(Nc2ccc(Br)cc2C#N)n1. The molecule has 0 atom stereocenters. The molecule has 2 aromatic rings. The number of hydrogen-bond acceptors (Lipinski definition) is 5. The Kier molecular flexibility index (Phi) is 5.12. The average molecular weight is 346 g/mol. The largest absolute Gasteiger partial charge is 0.354 e. The lowest BCUT2D eigenvalue weighted by Crippen LogP contribution is -2.07. The molecule has 1 heterocycles. The van der Waals surface area contributed by atoms with Crippen LogP contribution in [-0.2, 0) is 0 Å². The van der Waals surface area contributed by atoms with Crippen LogP contribution >= 0.6 is 15.9 Å². The Morgan fingerprint density at radius 2 is 2.19 bits per heavy atom. The Labute approximate surface area is 132 Å². The highest BCUT2D eigenvalue weighted by atomic mass is 79.9. The van der Waals surface area contributed by atoms with Gasteiger partial charge >= 0.3 is 0 Å². The molecular weight excluding hydrogens is 330 g/mol. The number of halogens is 1. The first-order valence-corrected chi connectivity index (χ1v) is 7.47. The third-order valence-electron chi connectivity index (χ3n) is 2.86. The van der Waals surface area contributed by atoms with Crippen LogP contribution in [0.1, 0.15) is 24.5 Å². The topological polar surface area (TPSA) is 73.6 Å². The fourth-order valence-electron chi connectivity index (χ4n) is 1.74. The van der Waals surface area contributed by atoms with E-state index in [-0.39, 0.29) is 0 Å². The van der Waals surface area contributed by atoms with E-state index >= 15 is 0 Å². The molecule has 0 saturated heterocycles. The zero-order valence-corrected chi connectivity index (χ0v) is 13.5. The van der Waals surface area contributed by atoms with Crippen molar-refractivity contribution in [2.45, 2.75) is 20.3 Å². The van der Waals surface area contributed by atoms with Crippen LogP contribution < -0.4 is 10.6 Å². The average Bonchev–Trinajstić information content (AvgIpc) is 2.49. The van der Waals surface area contributed by atoms with Crippen molar-refractivity contribution in [2.24, 2.45) is 0 Å². The van der Waals surface area contributed by atoms with Gasteiger partial charge in [-0.05, 0) is 31.5 Å². The van der Waals surface area contributed by atoms with Crippen molar-refractivity contribution in [2.75, 3.05) is 17.2 Å². The molecular formula is C15H16BrN5. The van der Waals surface area contributed by atoms with Gasteiger partial charge in [0.15, 0.2) is 0 Å². The quantitative estimate of drug-likeness (QED) is 0.857. The summed E-state index contributed by atoms with van der Waals surface area (Å²) in [6.45, 7) is 4.84. The lowest BCUT2D eigenvalue weighted by molar-refractivity contribution is 0.950. The van der Waals surface area contributed by atoms with E-state index in [1.165, 1.54) is 0 Å². The smallest absolute Gasteiger partial charge is 0.224 e. The van der Waals surface area contributed by atoms with Gasteiger partial charge in [-0.15, -0.1) is 0 Å². The van der Waals surface area contributed by atoms with Crippen LogP contribution in [0.2, 0.25) is 0 Å². The highest BCUT2D eigenvalue weighted by Crippen LogP contribution is 2.25. The summed E-state index contributed by atoms with van der Waals surface area (Å²) < 4.78 is 0.870. The van der Waals surface area contributed by atoms with Crippen molar-refractivity contribution >= 4 is 33.4 Å². The Hall–Kier alpha value is -2.13. The second kappa shape index (κ2) is 7.04. The molecule has 108 valence electrons. The zero-order chi connectivity index (χ0) is 15.2. The zero-order valence-electron chi connectivity index (χ0n) is 11.9. The fourth-order valence-corrected chi connectivity index (χ4v) is 2.10. The van der Waals surface area contributed by atoms with E-state index in [4.69, 9.17) is 0 Å². The van der Waals surface area contributed by atoms with Crippen LogP contribution in [0.3, 0.4) is 0 Å². The molecule has 0 aliphatic carbocycles. The van der Waals surface area contributed by atoms with Gasteiger partial charge in [-0.1, -0.05) is 22.9 Å². The van der Waals surface area contributed by atoms with Gasteiger partial charge in [0.05, 0.1) is 11.3 Å². The molecule has 0 aliphatic rings. The van der Waals surface area contributed by atoms with E-state index in [9.17, 15) is 5.26 Å². The number of nitrogens with zero attached hydrogens (tertiary/aromatic N) is 3. The Morgan fingerprint density at radius 3 is 2.90 bits per heavy atom. The van der Waals surface area contributed by atoms with Gasteiger partial charge in [-0.2, -0.15) is 10.2 Å². The maximum atomic E-state index is 9.20. The van der Waals surface area contributed by atoms with Gasteiger partial charge in [-0.25, -0.2) is 4.98 Å². The second-order valence-corrected chi connectivity index (χ2v) is 5.49. The minimum atomic E-state index is 0.561. The van der Waals surface area contributed by atoms with Crippen LogP contribution in [0.15, 0.2) is 28.9 Å². The first-order valence-electron chi connectivity index (χ1n) is 6.68. The molecule has 0 fully saturated rings. The summed E-state index contributed by atoms with van der Waals surface area (Å²) in [5, 5.41) is 15.6. The molecule has 0 unspecified atom stereocenters. The van der Waals surface area contributed by atoms with E-state index in [1.807, 2.05) is 19.1 Å². The molecule has 0 bridgehead atoms. The summed E-state index contributed by atoms with van der Waals surface area (Å²) in [4.78, 5) is 8.69. The van der Waals surface area contributed by atoms with Crippen molar-refractivity contribution in [3.63, 3.8) is 0 Å². The third kappa shape index (κ3) is 3.92. The Balaban J connectivity index is 2.29. The van der Waals surface area contributed by atoms with E-state index < -0.39 is 0 Å². The van der Waals surface area contributed by atoms with Gasteiger partial charge in [-0.3, -0.25) is 0 Å². The summed E-state index contributed by atoms with van der Waals surface area (Å²) in [6, 6.07) is 7.68. The van der Waals surface area contributed by atoms with Crippen molar-refractivity contribution < 1.29 is 0 Å². The number of nitrogens with one attached hydrogen (secondary N) is 2. The number of nitriles is 1. The number of aryl methyl sites for hydroxylation is 1. The summed E-state index contributed by atoms with van der Waals surface area (Å²) in [5.41, 5.74) is 2.21. The molecule has 1 aromatic carbocycles. The minimum Gasteiger partial charge on any atom is -0.354 e. The van der Waals surface area contributed by atoms with Crippen LogP contribution in [0, 0.1) is 18.3 Å². The number of benzene rings is 1. The van der Waals surface area contributed by atoms with E-state index in [2.05, 4.69) is 49.5 Å². The first-order chi connectivity index (χ1) is 10.1. The highest BCUT2D eigenvalue weighted by molar-refractivity contribution is 9.10. The third-order valence-corrected chi connectivity index (χ3v) is 3.35. The molecule has 2 N–H and O–H groups in total. The highest BCUT2D eigenvalue weighted by Gasteiger charge is 2.08. The lowest BCUT2D eigenvalue weighted by atomic mass is 10.2. The molecule has 5 nitrogen and oxygen atoms in total. The summed E-state index contributed by atoms with van der Waals surface area (Å²) >= 11 is 3.36. The maximum absolute atomic E-state index is 9.20. The fraction of sp³-hybridized carbons (Fsp3) is 0.267. The van der Waals surface area contributed by atoms with E-state index in [0.29, 0.717) is 17.3 Å². The summed E-state index contributed by atoms with van der Waals surface area (Å²) in [5.74, 6) is 1.28. The van der Waals surface area contributed by atoms with Crippen LogP contribution in [0.4, 0.5) is 17.5 Å². The van der Waals surface area contributed by atoms with E-state index in [0.717, 1.165) is 28.7 Å². The molecule has 21 heavy (non-hydrogen) atoms. The van der Waals surface area contributed by atoms with Crippen molar-refractivity contribution in [1.29, 1.82) is 5.26 Å². The molecule has 2 rings (SSSR count). The first kappa shape index (κ1) is 15.3. The molecule has 0 saturated carbocycles. The monoisotopic (exact) mass is 345 g/mol. The van der Waals surface area contributed by atoms with Crippen LogP contribution in [-0.4, -0.2) is 16.5 Å². The van der Waals surface area contributed by atoms with Gasteiger partial charge in [0, 0.05) is 22.8 Å². The molecule has 6 heteroatoms. The molecule has 0 aliphatic heterocycles. The number of rotatable bonds is 5. The van der Waals surface area contributed by atoms with Crippen molar-refractivity contribution in [1.82, 2.24) is 9.97 Å². The second-order valence-electron chi connectivity index (χ2n) is 4.58. The van der Waals surface area contributed by atoms with Gasteiger partial charge in [0.25, 0.3) is 0 Å². The number of aromatic nitrogens is 2. The molecule has 0 spiro atoms. The van der Waals surface area contributed by atoms with E-state index in [1.54, 1.807) is 12.3 Å². The normalized spacial score (nSPS) is 10.0. The van der Waals surface area contributed by atoms with Crippen molar-refractivity contribution in [3.8, 4) is 6.07 Å². The Bertz CT molecular complexity index is 678.